The van der Waals surface area contributed by atoms with E-state index < -0.39 is 0 Å². The van der Waals surface area contributed by atoms with Crippen molar-refractivity contribution in [3.05, 3.63) is 24.3 Å². The summed E-state index contributed by atoms with van der Waals surface area (Å²) in [6.07, 6.45) is 12.8. The van der Waals surface area contributed by atoms with Crippen molar-refractivity contribution < 1.29 is 0 Å². The van der Waals surface area contributed by atoms with E-state index in [1.54, 1.807) is 0 Å². The van der Waals surface area contributed by atoms with Gasteiger partial charge in [0.15, 0.2) is 0 Å². The van der Waals surface area contributed by atoms with Crippen LogP contribution in [-0.4, -0.2) is 13.6 Å². The average Bonchev–Trinajstić information content (AvgIpc) is 2.20. The molecule has 0 amide bonds. The van der Waals surface area contributed by atoms with Crippen LogP contribution in [0.5, 0.6) is 0 Å². The Labute approximate surface area is 88.3 Å². The Bertz CT molecular complexity index is 217. The fourth-order valence-corrected chi connectivity index (χ4v) is 2.40. The summed E-state index contributed by atoms with van der Waals surface area (Å²) >= 11 is 0. The maximum absolute atomic E-state index is 3.33. The molecule has 2 unspecified atom stereocenters. The van der Waals surface area contributed by atoms with Crippen molar-refractivity contribution in [1.29, 1.82) is 0 Å². The molecular weight excluding hydrogens is 170 g/mol. The van der Waals surface area contributed by atoms with Crippen LogP contribution in [0.3, 0.4) is 0 Å². The third-order valence-electron chi connectivity index (χ3n) is 3.38. The summed E-state index contributed by atoms with van der Waals surface area (Å²) in [5, 5.41) is 3.33. The first kappa shape index (κ1) is 11.5. The van der Waals surface area contributed by atoms with Crippen molar-refractivity contribution in [2.75, 3.05) is 13.6 Å². The van der Waals surface area contributed by atoms with E-state index in [9.17, 15) is 0 Å². The van der Waals surface area contributed by atoms with Gasteiger partial charge in [-0.2, -0.15) is 0 Å². The second-order valence-corrected chi connectivity index (χ2v) is 4.44. The predicted octanol–water partition coefficient (Wildman–Crippen LogP) is 3.14. The summed E-state index contributed by atoms with van der Waals surface area (Å²) in [4.78, 5) is 0. The molecule has 1 heteroatoms. The lowest BCUT2D eigenvalue weighted by molar-refractivity contribution is 0.227. The first-order valence-electron chi connectivity index (χ1n) is 5.74. The average molecular weight is 193 g/mol. The van der Waals surface area contributed by atoms with Crippen molar-refractivity contribution in [1.82, 2.24) is 5.32 Å². The van der Waals surface area contributed by atoms with Crippen molar-refractivity contribution in [2.24, 2.45) is 11.3 Å². The van der Waals surface area contributed by atoms with Crippen molar-refractivity contribution in [3.8, 4) is 0 Å². The van der Waals surface area contributed by atoms with Gasteiger partial charge in [0, 0.05) is 12.0 Å². The van der Waals surface area contributed by atoms with Crippen LogP contribution in [0.4, 0.5) is 0 Å². The van der Waals surface area contributed by atoms with Crippen LogP contribution in [0.2, 0.25) is 0 Å². The van der Waals surface area contributed by atoms with Gasteiger partial charge in [0.2, 0.25) is 0 Å². The molecule has 1 N–H and O–H groups in total. The zero-order valence-electron chi connectivity index (χ0n) is 9.72. The van der Waals surface area contributed by atoms with E-state index in [4.69, 9.17) is 0 Å². The first-order chi connectivity index (χ1) is 6.75. The largest absolute Gasteiger partial charge is 0.319 e. The Hall–Kier alpha value is -0.560. The van der Waals surface area contributed by atoms with Crippen LogP contribution >= 0.6 is 0 Å². The standard InChI is InChI=1S/C13H23N/c1-4-8-12(2)13(11-14-3)9-6-5-7-10-13/h5-7,9,12,14H,4,8,10-11H2,1-3H3. The molecule has 0 saturated carbocycles. The summed E-state index contributed by atoms with van der Waals surface area (Å²) in [6, 6.07) is 0. The lowest BCUT2D eigenvalue weighted by Gasteiger charge is -2.37. The van der Waals surface area contributed by atoms with Crippen LogP contribution in [-0.2, 0) is 0 Å². The summed E-state index contributed by atoms with van der Waals surface area (Å²) in [7, 11) is 2.05. The Kier molecular flexibility index (Phi) is 4.40. The molecule has 1 aliphatic rings. The number of hydrogen-bond acceptors (Lipinski definition) is 1. The minimum absolute atomic E-state index is 0.361. The lowest BCUT2D eigenvalue weighted by Crippen LogP contribution is -2.37. The number of rotatable bonds is 5. The minimum atomic E-state index is 0.361. The van der Waals surface area contributed by atoms with Gasteiger partial charge in [-0.15, -0.1) is 0 Å². The first-order valence-corrected chi connectivity index (χ1v) is 5.74. The highest BCUT2D eigenvalue weighted by Crippen LogP contribution is 2.37. The molecule has 1 aliphatic carbocycles. The van der Waals surface area contributed by atoms with Crippen molar-refractivity contribution in [3.63, 3.8) is 0 Å². The van der Waals surface area contributed by atoms with Crippen LogP contribution in [0.1, 0.15) is 33.1 Å². The number of allylic oxidation sites excluding steroid dienone is 3. The predicted molar refractivity (Wildman–Crippen MR) is 63.3 cm³/mol. The smallest absolute Gasteiger partial charge is 0.00696 e. The Morgan fingerprint density at radius 3 is 2.71 bits per heavy atom. The molecule has 14 heavy (non-hydrogen) atoms. The van der Waals surface area contributed by atoms with Gasteiger partial charge in [0.25, 0.3) is 0 Å². The zero-order valence-corrected chi connectivity index (χ0v) is 9.72. The summed E-state index contributed by atoms with van der Waals surface area (Å²) in [5.41, 5.74) is 0.361. The molecular formula is C13H23N. The molecule has 0 bridgehead atoms. The Morgan fingerprint density at radius 1 is 1.43 bits per heavy atom. The molecule has 0 aromatic carbocycles. The van der Waals surface area contributed by atoms with Crippen LogP contribution < -0.4 is 5.32 Å². The summed E-state index contributed by atoms with van der Waals surface area (Å²) < 4.78 is 0. The van der Waals surface area contributed by atoms with E-state index in [0.717, 1.165) is 12.5 Å². The van der Waals surface area contributed by atoms with E-state index in [2.05, 4.69) is 43.5 Å². The summed E-state index contributed by atoms with van der Waals surface area (Å²) in [5.74, 6) is 0.765. The molecule has 0 aromatic heterocycles. The van der Waals surface area contributed by atoms with Crippen LogP contribution in [0.15, 0.2) is 24.3 Å². The number of nitrogens with one attached hydrogen (secondary N) is 1. The van der Waals surface area contributed by atoms with Crippen molar-refractivity contribution in [2.45, 2.75) is 33.1 Å². The molecule has 0 aromatic rings. The molecule has 1 nitrogen and oxygen atoms in total. The maximum atomic E-state index is 3.33. The highest BCUT2D eigenvalue weighted by Gasteiger charge is 2.31. The minimum Gasteiger partial charge on any atom is -0.319 e. The van der Waals surface area contributed by atoms with E-state index >= 15 is 0 Å². The SMILES string of the molecule is CCCC(C)C1(CNC)C=CC=CC1. The fraction of sp³-hybridized carbons (Fsp3) is 0.692. The van der Waals surface area contributed by atoms with Gasteiger partial charge in [-0.05, 0) is 19.4 Å². The molecule has 0 radical (unpaired) electrons. The Balaban J connectivity index is 2.70. The van der Waals surface area contributed by atoms with Gasteiger partial charge in [0.1, 0.15) is 0 Å². The molecule has 1 rings (SSSR count). The second kappa shape index (κ2) is 5.35. The van der Waals surface area contributed by atoms with E-state index in [1.165, 1.54) is 19.3 Å². The third-order valence-corrected chi connectivity index (χ3v) is 3.38. The maximum Gasteiger partial charge on any atom is 0.00696 e. The fourth-order valence-electron chi connectivity index (χ4n) is 2.40. The van der Waals surface area contributed by atoms with Crippen LogP contribution in [0.25, 0.3) is 0 Å². The molecule has 80 valence electrons. The van der Waals surface area contributed by atoms with E-state index in [-0.39, 0.29) is 0 Å². The monoisotopic (exact) mass is 193 g/mol. The lowest BCUT2D eigenvalue weighted by atomic mass is 9.70. The summed E-state index contributed by atoms with van der Waals surface area (Å²) in [6.45, 7) is 5.74. The molecule has 2 atom stereocenters. The zero-order chi connectivity index (χ0) is 10.4. The van der Waals surface area contributed by atoms with Gasteiger partial charge in [-0.3, -0.25) is 0 Å². The normalized spacial score (nSPS) is 27.9. The second-order valence-electron chi connectivity index (χ2n) is 4.44. The van der Waals surface area contributed by atoms with E-state index in [0.29, 0.717) is 5.41 Å². The third kappa shape index (κ3) is 2.48. The van der Waals surface area contributed by atoms with Crippen molar-refractivity contribution >= 4 is 0 Å². The molecule has 0 heterocycles. The van der Waals surface area contributed by atoms with Gasteiger partial charge in [0.05, 0.1) is 0 Å². The van der Waals surface area contributed by atoms with Gasteiger partial charge >= 0.3 is 0 Å². The molecule has 0 aliphatic heterocycles. The van der Waals surface area contributed by atoms with E-state index in [1.807, 2.05) is 7.05 Å². The molecule has 0 saturated heterocycles. The quantitative estimate of drug-likeness (QED) is 0.707. The van der Waals surface area contributed by atoms with Crippen LogP contribution in [0, 0.1) is 11.3 Å². The topological polar surface area (TPSA) is 12.0 Å². The van der Waals surface area contributed by atoms with Gasteiger partial charge < -0.3 is 5.32 Å². The molecule has 0 spiro atoms. The highest BCUT2D eigenvalue weighted by molar-refractivity contribution is 5.18. The highest BCUT2D eigenvalue weighted by atomic mass is 14.8. The van der Waals surface area contributed by atoms with Gasteiger partial charge in [-0.25, -0.2) is 0 Å². The molecule has 0 fully saturated rings. The number of hydrogen-bond donors (Lipinski definition) is 1. The Morgan fingerprint density at radius 2 is 2.21 bits per heavy atom. The van der Waals surface area contributed by atoms with Gasteiger partial charge in [-0.1, -0.05) is 51.0 Å².